The number of hydrogen-bond donors (Lipinski definition) is 2. The fraction of sp³-hybridized carbons (Fsp3) is 0.462. The van der Waals surface area contributed by atoms with E-state index in [2.05, 4.69) is 15.6 Å². The molecule has 0 aliphatic rings. The van der Waals surface area contributed by atoms with Crippen molar-refractivity contribution in [3.63, 3.8) is 0 Å². The van der Waals surface area contributed by atoms with E-state index in [0.29, 0.717) is 17.5 Å². The summed E-state index contributed by atoms with van der Waals surface area (Å²) in [6, 6.07) is 5.29. The summed E-state index contributed by atoms with van der Waals surface area (Å²) in [4.78, 5) is 12.0. The summed E-state index contributed by atoms with van der Waals surface area (Å²) in [6.07, 6.45) is 0.542. The van der Waals surface area contributed by atoms with E-state index in [9.17, 15) is 4.79 Å². The van der Waals surface area contributed by atoms with Crippen molar-refractivity contribution in [1.29, 1.82) is 0 Å². The van der Waals surface area contributed by atoms with Gasteiger partial charge >= 0.3 is 0 Å². The van der Waals surface area contributed by atoms with Crippen molar-refractivity contribution in [3.05, 3.63) is 23.8 Å². The number of carbonyl (C=O) groups is 1. The van der Waals surface area contributed by atoms with Gasteiger partial charge in [-0.15, -0.1) is 5.10 Å². The predicted molar refractivity (Wildman–Crippen MR) is 71.8 cm³/mol. The average Bonchev–Trinajstić information content (AvgIpc) is 2.80. The topological polar surface area (TPSA) is 80.0 Å². The van der Waals surface area contributed by atoms with Gasteiger partial charge in [0.15, 0.2) is 0 Å². The van der Waals surface area contributed by atoms with Crippen LogP contribution < -0.4 is 5.32 Å². The highest BCUT2D eigenvalue weighted by Gasteiger charge is 2.11. The number of aromatic nitrogens is 3. The Morgan fingerprint density at radius 1 is 1.53 bits per heavy atom. The molecule has 1 heterocycles. The molecule has 0 fully saturated rings. The molecule has 1 aromatic carbocycles. The zero-order chi connectivity index (χ0) is 13.8. The van der Waals surface area contributed by atoms with E-state index >= 15 is 0 Å². The SMILES string of the molecule is CCn1nnc2cc(C(=O)NC(C)CCO)ccc21. The van der Waals surface area contributed by atoms with Gasteiger partial charge in [0.1, 0.15) is 5.52 Å². The van der Waals surface area contributed by atoms with E-state index in [0.717, 1.165) is 12.1 Å². The predicted octanol–water partition coefficient (Wildman–Crippen LogP) is 0.952. The van der Waals surface area contributed by atoms with Crippen LogP contribution in [0.4, 0.5) is 0 Å². The third kappa shape index (κ3) is 2.90. The standard InChI is InChI=1S/C13H18N4O2/c1-3-17-12-5-4-10(8-11(12)15-16-17)13(19)14-9(2)6-7-18/h4-5,8-9,18H,3,6-7H2,1-2H3,(H,14,19). The normalized spacial score (nSPS) is 12.6. The van der Waals surface area contributed by atoms with Crippen molar-refractivity contribution in [2.24, 2.45) is 0 Å². The monoisotopic (exact) mass is 262 g/mol. The fourth-order valence-electron chi connectivity index (χ4n) is 1.92. The van der Waals surface area contributed by atoms with Crippen LogP contribution in [-0.2, 0) is 6.54 Å². The van der Waals surface area contributed by atoms with Crippen LogP contribution in [0.1, 0.15) is 30.6 Å². The number of rotatable bonds is 5. The third-order valence-electron chi connectivity index (χ3n) is 3.02. The molecule has 1 unspecified atom stereocenters. The van der Waals surface area contributed by atoms with Gasteiger partial charge in [0.25, 0.3) is 5.91 Å². The second-order valence-corrected chi connectivity index (χ2v) is 4.50. The number of hydrogen-bond acceptors (Lipinski definition) is 4. The maximum atomic E-state index is 12.0. The summed E-state index contributed by atoms with van der Waals surface area (Å²) < 4.78 is 1.78. The van der Waals surface area contributed by atoms with Gasteiger partial charge in [0.2, 0.25) is 0 Å². The minimum atomic E-state index is -0.158. The van der Waals surface area contributed by atoms with Crippen molar-refractivity contribution in [2.75, 3.05) is 6.61 Å². The van der Waals surface area contributed by atoms with Crippen molar-refractivity contribution >= 4 is 16.9 Å². The number of fused-ring (bicyclic) bond motifs is 1. The molecule has 1 atom stereocenters. The molecule has 0 aliphatic carbocycles. The zero-order valence-electron chi connectivity index (χ0n) is 11.1. The maximum absolute atomic E-state index is 12.0. The third-order valence-corrected chi connectivity index (χ3v) is 3.02. The first-order valence-corrected chi connectivity index (χ1v) is 6.40. The number of nitrogens with zero attached hydrogens (tertiary/aromatic N) is 3. The second-order valence-electron chi connectivity index (χ2n) is 4.50. The van der Waals surface area contributed by atoms with Gasteiger partial charge < -0.3 is 10.4 Å². The molecule has 102 valence electrons. The van der Waals surface area contributed by atoms with Crippen LogP contribution in [0.5, 0.6) is 0 Å². The van der Waals surface area contributed by atoms with Crippen LogP contribution >= 0.6 is 0 Å². The van der Waals surface area contributed by atoms with Crippen LogP contribution in [0, 0.1) is 0 Å². The molecule has 0 bridgehead atoms. The Morgan fingerprint density at radius 2 is 2.32 bits per heavy atom. The van der Waals surface area contributed by atoms with E-state index in [4.69, 9.17) is 5.11 Å². The number of aliphatic hydroxyl groups is 1. The summed E-state index contributed by atoms with van der Waals surface area (Å²) in [5.74, 6) is -0.158. The molecule has 2 aromatic rings. The Balaban J connectivity index is 2.19. The zero-order valence-corrected chi connectivity index (χ0v) is 11.1. The Labute approximate surface area is 111 Å². The minimum Gasteiger partial charge on any atom is -0.396 e. The highest BCUT2D eigenvalue weighted by Crippen LogP contribution is 2.13. The molecule has 0 saturated heterocycles. The van der Waals surface area contributed by atoms with E-state index in [1.165, 1.54) is 0 Å². The van der Waals surface area contributed by atoms with E-state index in [-0.39, 0.29) is 18.6 Å². The first-order valence-electron chi connectivity index (χ1n) is 6.40. The number of amides is 1. The molecular formula is C13H18N4O2. The minimum absolute atomic E-state index is 0.0560. The van der Waals surface area contributed by atoms with E-state index in [1.807, 2.05) is 19.9 Å². The number of aryl methyl sites for hydroxylation is 1. The van der Waals surface area contributed by atoms with Gasteiger partial charge in [-0.05, 0) is 38.5 Å². The maximum Gasteiger partial charge on any atom is 0.251 e. The highest BCUT2D eigenvalue weighted by molar-refractivity contribution is 5.97. The molecule has 19 heavy (non-hydrogen) atoms. The number of carbonyl (C=O) groups excluding carboxylic acids is 1. The fourth-order valence-corrected chi connectivity index (χ4v) is 1.92. The molecule has 2 N–H and O–H groups in total. The van der Waals surface area contributed by atoms with Crippen LogP contribution in [0.3, 0.4) is 0 Å². The average molecular weight is 262 g/mol. The van der Waals surface area contributed by atoms with Gasteiger partial charge in [-0.1, -0.05) is 5.21 Å². The van der Waals surface area contributed by atoms with Crippen molar-refractivity contribution in [2.45, 2.75) is 32.9 Å². The molecule has 0 radical (unpaired) electrons. The van der Waals surface area contributed by atoms with Gasteiger partial charge in [-0.2, -0.15) is 0 Å². The smallest absolute Gasteiger partial charge is 0.251 e. The van der Waals surface area contributed by atoms with Crippen molar-refractivity contribution < 1.29 is 9.90 Å². The van der Waals surface area contributed by atoms with Gasteiger partial charge in [-0.3, -0.25) is 4.79 Å². The lowest BCUT2D eigenvalue weighted by molar-refractivity contribution is 0.0934. The summed E-state index contributed by atoms with van der Waals surface area (Å²) in [5.41, 5.74) is 2.19. The molecule has 1 aromatic heterocycles. The molecule has 0 aliphatic heterocycles. The molecule has 1 amide bonds. The number of benzene rings is 1. The molecule has 6 heteroatoms. The number of nitrogens with one attached hydrogen (secondary N) is 1. The molecular weight excluding hydrogens is 244 g/mol. The molecule has 6 nitrogen and oxygen atoms in total. The lowest BCUT2D eigenvalue weighted by Crippen LogP contribution is -2.33. The molecule has 2 rings (SSSR count). The van der Waals surface area contributed by atoms with Crippen LogP contribution in [-0.4, -0.2) is 38.7 Å². The lowest BCUT2D eigenvalue weighted by Gasteiger charge is -2.12. The summed E-state index contributed by atoms with van der Waals surface area (Å²) in [5, 5.41) is 19.7. The first-order chi connectivity index (χ1) is 9.15. The molecule has 0 spiro atoms. The van der Waals surface area contributed by atoms with Crippen molar-refractivity contribution in [3.8, 4) is 0 Å². The second kappa shape index (κ2) is 5.79. The summed E-state index contributed by atoms with van der Waals surface area (Å²) in [7, 11) is 0. The number of aliphatic hydroxyl groups excluding tert-OH is 1. The Bertz CT molecular complexity index is 579. The highest BCUT2D eigenvalue weighted by atomic mass is 16.3. The lowest BCUT2D eigenvalue weighted by atomic mass is 10.1. The van der Waals surface area contributed by atoms with Gasteiger partial charge in [-0.25, -0.2) is 4.68 Å². The van der Waals surface area contributed by atoms with Gasteiger partial charge in [0, 0.05) is 24.8 Å². The molecule has 0 saturated carbocycles. The quantitative estimate of drug-likeness (QED) is 0.840. The Kier molecular flexibility index (Phi) is 4.11. The van der Waals surface area contributed by atoms with Crippen LogP contribution in [0.2, 0.25) is 0 Å². The largest absolute Gasteiger partial charge is 0.396 e. The summed E-state index contributed by atoms with van der Waals surface area (Å²) in [6.45, 7) is 4.66. The van der Waals surface area contributed by atoms with E-state index < -0.39 is 0 Å². The Hall–Kier alpha value is -1.95. The van der Waals surface area contributed by atoms with Crippen LogP contribution in [0.15, 0.2) is 18.2 Å². The van der Waals surface area contributed by atoms with Crippen LogP contribution in [0.25, 0.3) is 11.0 Å². The van der Waals surface area contributed by atoms with Gasteiger partial charge in [0.05, 0.1) is 5.52 Å². The summed E-state index contributed by atoms with van der Waals surface area (Å²) >= 11 is 0. The van der Waals surface area contributed by atoms with Crippen molar-refractivity contribution in [1.82, 2.24) is 20.3 Å². The van der Waals surface area contributed by atoms with E-state index in [1.54, 1.807) is 16.8 Å². The Morgan fingerprint density at radius 3 is 3.00 bits per heavy atom. The first kappa shape index (κ1) is 13.5.